The summed E-state index contributed by atoms with van der Waals surface area (Å²) in [4.78, 5) is 4.20. The van der Waals surface area contributed by atoms with Crippen LogP contribution in [0.5, 0.6) is 0 Å². The van der Waals surface area contributed by atoms with E-state index in [0.29, 0.717) is 5.92 Å². The van der Waals surface area contributed by atoms with E-state index >= 15 is 0 Å². The van der Waals surface area contributed by atoms with Gasteiger partial charge in [-0.1, -0.05) is 0 Å². The molecule has 0 amide bonds. The zero-order chi connectivity index (χ0) is 9.10. The van der Waals surface area contributed by atoms with Gasteiger partial charge < -0.3 is 10.6 Å². The molecule has 1 fully saturated rings. The van der Waals surface area contributed by atoms with Crippen molar-refractivity contribution in [3.63, 3.8) is 0 Å². The highest BCUT2D eigenvalue weighted by Gasteiger charge is 2.16. The van der Waals surface area contributed by atoms with Gasteiger partial charge in [-0.3, -0.25) is 0 Å². The first-order valence-electron chi connectivity index (χ1n) is 4.74. The van der Waals surface area contributed by atoms with E-state index < -0.39 is 0 Å². The summed E-state index contributed by atoms with van der Waals surface area (Å²) in [7, 11) is 1.90. The molecule has 0 bridgehead atoms. The first-order valence-corrected chi connectivity index (χ1v) is 4.74. The largest absolute Gasteiger partial charge is 0.373 e. The van der Waals surface area contributed by atoms with E-state index in [-0.39, 0.29) is 0 Å². The van der Waals surface area contributed by atoms with Gasteiger partial charge in [-0.25, -0.2) is 4.98 Å². The fourth-order valence-corrected chi connectivity index (χ4v) is 1.78. The number of pyridine rings is 1. The van der Waals surface area contributed by atoms with Crippen molar-refractivity contribution in [2.45, 2.75) is 12.3 Å². The third-order valence-electron chi connectivity index (χ3n) is 2.57. The van der Waals surface area contributed by atoms with Crippen molar-refractivity contribution in [3.8, 4) is 0 Å². The molecule has 2 rings (SSSR count). The van der Waals surface area contributed by atoms with Gasteiger partial charge in [0.2, 0.25) is 0 Å². The summed E-state index contributed by atoms with van der Waals surface area (Å²) in [6, 6.07) is 4.25. The van der Waals surface area contributed by atoms with Crippen LogP contribution in [0.4, 0.5) is 5.82 Å². The quantitative estimate of drug-likeness (QED) is 0.712. The Morgan fingerprint density at radius 3 is 3.23 bits per heavy atom. The lowest BCUT2D eigenvalue weighted by Gasteiger charge is -2.09. The van der Waals surface area contributed by atoms with Gasteiger partial charge in [-0.05, 0) is 36.6 Å². The average Bonchev–Trinajstić information content (AvgIpc) is 2.71. The predicted octanol–water partition coefficient (Wildman–Crippen LogP) is 1.20. The molecule has 13 heavy (non-hydrogen) atoms. The van der Waals surface area contributed by atoms with Crippen molar-refractivity contribution in [1.82, 2.24) is 10.3 Å². The summed E-state index contributed by atoms with van der Waals surface area (Å²) in [6.45, 7) is 2.25. The maximum absolute atomic E-state index is 4.20. The lowest BCUT2D eigenvalue weighted by atomic mass is 10.00. The monoisotopic (exact) mass is 177 g/mol. The second kappa shape index (κ2) is 3.75. The summed E-state index contributed by atoms with van der Waals surface area (Å²) in [6.07, 6.45) is 3.12. The SMILES string of the molecule is CNc1cc(C2CCNC2)ccn1. The van der Waals surface area contributed by atoms with Crippen LogP contribution in [0.1, 0.15) is 17.9 Å². The minimum absolute atomic E-state index is 0.676. The Labute approximate surface area is 78.6 Å². The maximum Gasteiger partial charge on any atom is 0.125 e. The van der Waals surface area contributed by atoms with Crippen LogP contribution in [0.25, 0.3) is 0 Å². The molecule has 1 atom stereocenters. The Hall–Kier alpha value is -1.09. The Morgan fingerprint density at radius 1 is 1.62 bits per heavy atom. The second-order valence-electron chi connectivity index (χ2n) is 3.41. The topological polar surface area (TPSA) is 37.0 Å². The zero-order valence-electron chi connectivity index (χ0n) is 7.88. The fourth-order valence-electron chi connectivity index (χ4n) is 1.78. The van der Waals surface area contributed by atoms with E-state index in [0.717, 1.165) is 18.9 Å². The van der Waals surface area contributed by atoms with Crippen LogP contribution in [-0.2, 0) is 0 Å². The van der Waals surface area contributed by atoms with Gasteiger partial charge >= 0.3 is 0 Å². The van der Waals surface area contributed by atoms with E-state index in [2.05, 4.69) is 27.8 Å². The van der Waals surface area contributed by atoms with Gasteiger partial charge in [0, 0.05) is 19.8 Å². The van der Waals surface area contributed by atoms with Crippen LogP contribution in [0, 0.1) is 0 Å². The van der Waals surface area contributed by atoms with E-state index in [1.807, 2.05) is 13.2 Å². The summed E-state index contributed by atoms with van der Waals surface area (Å²) in [5.74, 6) is 1.64. The molecule has 2 N–H and O–H groups in total. The number of anilines is 1. The molecule has 1 aliphatic heterocycles. The number of rotatable bonds is 2. The molecule has 1 unspecified atom stereocenters. The first kappa shape index (κ1) is 8.51. The van der Waals surface area contributed by atoms with Crippen LogP contribution in [0.2, 0.25) is 0 Å². The Bertz CT molecular complexity index is 279. The molecular formula is C10H15N3. The average molecular weight is 177 g/mol. The minimum Gasteiger partial charge on any atom is -0.373 e. The zero-order valence-corrected chi connectivity index (χ0v) is 7.88. The smallest absolute Gasteiger partial charge is 0.125 e. The molecular weight excluding hydrogens is 162 g/mol. The molecule has 70 valence electrons. The van der Waals surface area contributed by atoms with Crippen LogP contribution in [0.3, 0.4) is 0 Å². The lowest BCUT2D eigenvalue weighted by Crippen LogP contribution is -2.08. The molecule has 0 radical (unpaired) electrons. The fraction of sp³-hybridized carbons (Fsp3) is 0.500. The first-order chi connectivity index (χ1) is 6.40. The molecule has 1 saturated heterocycles. The molecule has 3 nitrogen and oxygen atoms in total. The minimum atomic E-state index is 0.676. The van der Waals surface area contributed by atoms with Gasteiger partial charge in [-0.2, -0.15) is 0 Å². The third-order valence-corrected chi connectivity index (χ3v) is 2.57. The number of hydrogen-bond donors (Lipinski definition) is 2. The summed E-state index contributed by atoms with van der Waals surface area (Å²) < 4.78 is 0. The molecule has 0 aromatic carbocycles. The summed E-state index contributed by atoms with van der Waals surface area (Å²) >= 11 is 0. The second-order valence-corrected chi connectivity index (χ2v) is 3.41. The van der Waals surface area contributed by atoms with Gasteiger partial charge in [0.05, 0.1) is 0 Å². The molecule has 0 aliphatic carbocycles. The van der Waals surface area contributed by atoms with E-state index in [9.17, 15) is 0 Å². The highest BCUT2D eigenvalue weighted by Crippen LogP contribution is 2.23. The van der Waals surface area contributed by atoms with Crippen molar-refractivity contribution in [3.05, 3.63) is 23.9 Å². The van der Waals surface area contributed by atoms with Crippen LogP contribution in [0.15, 0.2) is 18.3 Å². The van der Waals surface area contributed by atoms with Crippen LogP contribution >= 0.6 is 0 Å². The molecule has 3 heteroatoms. The van der Waals surface area contributed by atoms with Crippen LogP contribution < -0.4 is 10.6 Å². The molecule has 1 aromatic rings. The standard InChI is InChI=1S/C10H15N3/c1-11-10-6-8(3-5-13-10)9-2-4-12-7-9/h3,5-6,9,12H,2,4,7H2,1H3,(H,11,13). The number of hydrogen-bond acceptors (Lipinski definition) is 3. The van der Waals surface area contributed by atoms with E-state index in [4.69, 9.17) is 0 Å². The van der Waals surface area contributed by atoms with Crippen molar-refractivity contribution >= 4 is 5.82 Å². The molecule has 0 saturated carbocycles. The van der Waals surface area contributed by atoms with Crippen molar-refractivity contribution in [1.29, 1.82) is 0 Å². The van der Waals surface area contributed by atoms with Gasteiger partial charge in [0.15, 0.2) is 0 Å². The van der Waals surface area contributed by atoms with Crippen molar-refractivity contribution in [2.75, 3.05) is 25.5 Å². The Morgan fingerprint density at radius 2 is 2.54 bits per heavy atom. The van der Waals surface area contributed by atoms with Crippen LogP contribution in [-0.4, -0.2) is 25.1 Å². The van der Waals surface area contributed by atoms with Gasteiger partial charge in [0.1, 0.15) is 5.82 Å². The summed E-state index contributed by atoms with van der Waals surface area (Å²) in [5.41, 5.74) is 1.39. The summed E-state index contributed by atoms with van der Waals surface area (Å²) in [5, 5.41) is 6.43. The Balaban J connectivity index is 2.18. The number of aromatic nitrogens is 1. The van der Waals surface area contributed by atoms with E-state index in [1.165, 1.54) is 12.0 Å². The molecule has 1 aromatic heterocycles. The highest BCUT2D eigenvalue weighted by atomic mass is 14.9. The normalized spacial score (nSPS) is 21.8. The van der Waals surface area contributed by atoms with E-state index in [1.54, 1.807) is 0 Å². The molecule has 2 heterocycles. The lowest BCUT2D eigenvalue weighted by molar-refractivity contribution is 0.762. The van der Waals surface area contributed by atoms with Gasteiger partial charge in [-0.15, -0.1) is 0 Å². The molecule has 0 spiro atoms. The number of nitrogens with zero attached hydrogens (tertiary/aromatic N) is 1. The maximum atomic E-state index is 4.20. The number of nitrogens with one attached hydrogen (secondary N) is 2. The van der Waals surface area contributed by atoms with Crippen molar-refractivity contribution < 1.29 is 0 Å². The predicted molar refractivity (Wildman–Crippen MR) is 54.0 cm³/mol. The third kappa shape index (κ3) is 1.80. The molecule has 1 aliphatic rings. The highest BCUT2D eigenvalue weighted by molar-refractivity contribution is 5.38. The van der Waals surface area contributed by atoms with Crippen molar-refractivity contribution in [2.24, 2.45) is 0 Å². The Kier molecular flexibility index (Phi) is 2.45. The van der Waals surface area contributed by atoms with Gasteiger partial charge in [0.25, 0.3) is 0 Å².